The van der Waals surface area contributed by atoms with Crippen LogP contribution in [-0.4, -0.2) is 37.3 Å². The molecule has 8 heteroatoms. The minimum atomic E-state index is -0.398. The number of carbonyl (C=O) groups excluding carboxylic acids is 1. The average molecular weight is 445 g/mol. The Morgan fingerprint density at radius 2 is 1.91 bits per heavy atom. The number of rotatable bonds is 7. The molecule has 0 aromatic carbocycles. The molecule has 170 valence electrons. The molecule has 1 aliphatic carbocycles. The molecule has 0 unspecified atom stereocenters. The van der Waals surface area contributed by atoms with Crippen LogP contribution in [0.1, 0.15) is 53.8 Å². The lowest BCUT2D eigenvalue weighted by molar-refractivity contribution is 0.0945. The Morgan fingerprint density at radius 3 is 2.79 bits per heavy atom. The van der Waals surface area contributed by atoms with E-state index >= 15 is 0 Å². The first kappa shape index (κ1) is 21.3. The summed E-state index contributed by atoms with van der Waals surface area (Å²) < 4.78 is 3.40. The Balaban J connectivity index is 1.20. The number of imidazole rings is 1. The average Bonchev–Trinajstić information content (AvgIpc) is 3.25. The van der Waals surface area contributed by atoms with Gasteiger partial charge >= 0.3 is 0 Å². The second-order valence-electron chi connectivity index (χ2n) is 8.67. The van der Waals surface area contributed by atoms with Gasteiger partial charge in [0.05, 0.1) is 12.2 Å². The number of fused-ring (bicyclic) bond motifs is 2. The van der Waals surface area contributed by atoms with Crippen LogP contribution in [-0.2, 0) is 13.0 Å². The van der Waals surface area contributed by atoms with Crippen molar-refractivity contribution >= 4 is 17.2 Å². The molecule has 0 aliphatic heterocycles. The molecule has 1 aliphatic rings. The SMILES string of the molecule is O=C(NCc1cn2cc(CCNC3CCCCC3)ccc2n1)c1cc(=O)n2ccccc2n1. The van der Waals surface area contributed by atoms with Crippen LogP contribution in [0.2, 0.25) is 0 Å². The first-order valence-corrected chi connectivity index (χ1v) is 11.6. The molecule has 4 aromatic rings. The van der Waals surface area contributed by atoms with E-state index in [1.807, 2.05) is 16.7 Å². The van der Waals surface area contributed by atoms with Gasteiger partial charge in [-0.05, 0) is 49.6 Å². The molecular weight excluding hydrogens is 416 g/mol. The Labute approximate surface area is 191 Å². The molecule has 1 saturated carbocycles. The number of aromatic nitrogens is 4. The summed E-state index contributed by atoms with van der Waals surface area (Å²) in [5.74, 6) is -0.398. The second-order valence-corrected chi connectivity index (χ2v) is 8.67. The molecule has 0 saturated heterocycles. The summed E-state index contributed by atoms with van der Waals surface area (Å²) in [5, 5.41) is 6.50. The highest BCUT2D eigenvalue weighted by atomic mass is 16.2. The van der Waals surface area contributed by atoms with E-state index in [1.165, 1.54) is 48.1 Å². The van der Waals surface area contributed by atoms with E-state index in [9.17, 15) is 9.59 Å². The third-order valence-corrected chi connectivity index (χ3v) is 6.25. The zero-order chi connectivity index (χ0) is 22.6. The molecule has 4 aromatic heterocycles. The topological polar surface area (TPSA) is 92.8 Å². The Hall–Kier alpha value is -3.52. The summed E-state index contributed by atoms with van der Waals surface area (Å²) in [4.78, 5) is 33.7. The lowest BCUT2D eigenvalue weighted by Crippen LogP contribution is -2.32. The summed E-state index contributed by atoms with van der Waals surface area (Å²) in [7, 11) is 0. The molecule has 8 nitrogen and oxygen atoms in total. The van der Waals surface area contributed by atoms with Crippen molar-refractivity contribution in [2.75, 3.05) is 6.54 Å². The number of carbonyl (C=O) groups is 1. The number of amides is 1. The van der Waals surface area contributed by atoms with E-state index in [0.29, 0.717) is 11.7 Å². The van der Waals surface area contributed by atoms with Gasteiger partial charge in [0.25, 0.3) is 11.5 Å². The Kier molecular flexibility index (Phi) is 6.17. The van der Waals surface area contributed by atoms with Gasteiger partial charge < -0.3 is 15.0 Å². The quantitative estimate of drug-likeness (QED) is 0.457. The van der Waals surface area contributed by atoms with E-state index in [-0.39, 0.29) is 17.8 Å². The van der Waals surface area contributed by atoms with Crippen molar-refractivity contribution in [2.45, 2.75) is 51.1 Å². The summed E-state index contributed by atoms with van der Waals surface area (Å²) in [5.41, 5.74) is 3.09. The Bertz CT molecular complexity index is 1340. The van der Waals surface area contributed by atoms with E-state index in [1.54, 1.807) is 24.4 Å². The minimum absolute atomic E-state index is 0.0997. The largest absolute Gasteiger partial charge is 0.345 e. The predicted molar refractivity (Wildman–Crippen MR) is 126 cm³/mol. The standard InChI is InChI=1S/C25H28N6O2/c32-24-14-21(29-23-8-4-5-13-31(23)24)25(33)27-15-20-17-30-16-18(9-10-22(30)28-20)11-12-26-19-6-2-1-3-7-19/h4-5,8-10,13-14,16-17,19,26H,1-3,6-7,11-12,15H2,(H,27,33). The van der Waals surface area contributed by atoms with Gasteiger partial charge in [0.2, 0.25) is 0 Å². The van der Waals surface area contributed by atoms with Crippen LogP contribution in [0.3, 0.4) is 0 Å². The molecule has 33 heavy (non-hydrogen) atoms. The van der Waals surface area contributed by atoms with Crippen LogP contribution in [0.5, 0.6) is 0 Å². The smallest absolute Gasteiger partial charge is 0.270 e. The van der Waals surface area contributed by atoms with Crippen LogP contribution < -0.4 is 16.2 Å². The Morgan fingerprint density at radius 1 is 1.03 bits per heavy atom. The molecular formula is C25H28N6O2. The van der Waals surface area contributed by atoms with Gasteiger partial charge in [-0.15, -0.1) is 0 Å². The zero-order valence-electron chi connectivity index (χ0n) is 18.5. The third-order valence-electron chi connectivity index (χ3n) is 6.25. The number of hydrogen-bond donors (Lipinski definition) is 2. The summed E-state index contributed by atoms with van der Waals surface area (Å²) in [6, 6.07) is 11.3. The minimum Gasteiger partial charge on any atom is -0.345 e. The number of hydrogen-bond acceptors (Lipinski definition) is 5. The van der Waals surface area contributed by atoms with Crippen LogP contribution in [0, 0.1) is 0 Å². The first-order chi connectivity index (χ1) is 16.2. The van der Waals surface area contributed by atoms with Crippen LogP contribution in [0.4, 0.5) is 0 Å². The van der Waals surface area contributed by atoms with Crippen LogP contribution >= 0.6 is 0 Å². The number of nitrogens with zero attached hydrogens (tertiary/aromatic N) is 4. The second kappa shape index (κ2) is 9.54. The fraction of sp³-hybridized carbons (Fsp3) is 0.360. The van der Waals surface area contributed by atoms with Gasteiger partial charge in [-0.25, -0.2) is 9.97 Å². The molecule has 2 N–H and O–H groups in total. The summed E-state index contributed by atoms with van der Waals surface area (Å²) in [6.07, 6.45) is 13.3. The predicted octanol–water partition coefficient (Wildman–Crippen LogP) is 2.74. The molecule has 1 amide bonds. The maximum Gasteiger partial charge on any atom is 0.270 e. The van der Waals surface area contributed by atoms with Gasteiger partial charge in [0.15, 0.2) is 0 Å². The first-order valence-electron chi connectivity index (χ1n) is 11.6. The maximum atomic E-state index is 12.6. The third kappa shape index (κ3) is 4.96. The van der Waals surface area contributed by atoms with Crippen molar-refractivity contribution in [1.29, 1.82) is 0 Å². The van der Waals surface area contributed by atoms with Crippen LogP contribution in [0.25, 0.3) is 11.3 Å². The highest BCUT2D eigenvalue weighted by Gasteiger charge is 2.13. The maximum absolute atomic E-state index is 12.6. The van der Waals surface area contributed by atoms with Gasteiger partial charge in [0, 0.05) is 30.7 Å². The van der Waals surface area contributed by atoms with Gasteiger partial charge in [0.1, 0.15) is 17.0 Å². The van der Waals surface area contributed by atoms with Crippen molar-refractivity contribution < 1.29 is 4.79 Å². The summed E-state index contributed by atoms with van der Waals surface area (Å²) in [6.45, 7) is 1.24. The van der Waals surface area contributed by atoms with Gasteiger partial charge in [-0.3, -0.25) is 14.0 Å². The number of nitrogens with one attached hydrogen (secondary N) is 2. The van der Waals surface area contributed by atoms with Crippen LogP contribution in [0.15, 0.2) is 59.8 Å². The molecule has 0 radical (unpaired) electrons. The molecule has 5 rings (SSSR count). The zero-order valence-corrected chi connectivity index (χ0v) is 18.5. The molecule has 4 heterocycles. The van der Waals surface area contributed by atoms with Gasteiger partial charge in [-0.2, -0.15) is 0 Å². The normalized spacial score (nSPS) is 14.7. The molecule has 0 atom stereocenters. The van der Waals surface area contributed by atoms with Crippen molar-refractivity contribution in [3.8, 4) is 0 Å². The van der Waals surface area contributed by atoms with Crippen molar-refractivity contribution in [2.24, 2.45) is 0 Å². The van der Waals surface area contributed by atoms with Gasteiger partial charge in [-0.1, -0.05) is 31.4 Å². The lowest BCUT2D eigenvalue weighted by atomic mass is 9.95. The molecule has 1 fully saturated rings. The molecule has 0 spiro atoms. The monoisotopic (exact) mass is 444 g/mol. The summed E-state index contributed by atoms with van der Waals surface area (Å²) >= 11 is 0. The van der Waals surface area contributed by atoms with Crippen molar-refractivity contribution in [3.63, 3.8) is 0 Å². The highest BCUT2D eigenvalue weighted by Crippen LogP contribution is 2.17. The van der Waals surface area contributed by atoms with E-state index < -0.39 is 5.91 Å². The van der Waals surface area contributed by atoms with E-state index in [2.05, 4.69) is 32.9 Å². The number of pyridine rings is 2. The van der Waals surface area contributed by atoms with E-state index in [0.717, 1.165) is 24.3 Å². The lowest BCUT2D eigenvalue weighted by Gasteiger charge is -2.22. The van der Waals surface area contributed by atoms with Crippen molar-refractivity contribution in [3.05, 3.63) is 82.3 Å². The highest BCUT2D eigenvalue weighted by molar-refractivity contribution is 5.92. The fourth-order valence-corrected chi connectivity index (χ4v) is 4.48. The van der Waals surface area contributed by atoms with Crippen molar-refractivity contribution in [1.82, 2.24) is 29.4 Å². The van der Waals surface area contributed by atoms with E-state index in [4.69, 9.17) is 0 Å². The molecule has 0 bridgehead atoms. The fourth-order valence-electron chi connectivity index (χ4n) is 4.48.